The lowest BCUT2D eigenvalue weighted by Crippen LogP contribution is -2.37. The summed E-state index contributed by atoms with van der Waals surface area (Å²) in [6.45, 7) is 4.16. The molecule has 1 saturated heterocycles. The minimum absolute atomic E-state index is 0.669. The average molecular weight is 351 g/mol. The van der Waals surface area contributed by atoms with Crippen LogP contribution in [0.15, 0.2) is 55.4 Å². The van der Waals surface area contributed by atoms with Gasteiger partial charge in [0, 0.05) is 43.6 Å². The molecule has 0 radical (unpaired) electrons. The molecule has 1 fully saturated rings. The zero-order valence-electron chi connectivity index (χ0n) is 15.2. The summed E-state index contributed by atoms with van der Waals surface area (Å²) < 4.78 is 9.61. The smallest absolute Gasteiger partial charge is 0.127 e. The van der Waals surface area contributed by atoms with Crippen molar-refractivity contribution in [2.24, 2.45) is 5.92 Å². The van der Waals surface area contributed by atoms with E-state index in [0.717, 1.165) is 43.4 Å². The maximum Gasteiger partial charge on any atom is 0.127 e. The van der Waals surface area contributed by atoms with Crippen LogP contribution >= 0.6 is 0 Å². The first-order valence-corrected chi connectivity index (χ1v) is 9.16. The van der Waals surface area contributed by atoms with Crippen molar-refractivity contribution in [1.29, 1.82) is 0 Å². The zero-order chi connectivity index (χ0) is 17.8. The Labute approximate surface area is 154 Å². The number of piperidine rings is 1. The number of methoxy groups -OCH3 is 1. The molecule has 0 saturated carbocycles. The van der Waals surface area contributed by atoms with Crippen LogP contribution in [-0.2, 0) is 13.1 Å². The molecule has 0 amide bonds. The number of hydrogen-bond acceptors (Lipinski definition) is 4. The minimum atomic E-state index is 0.669. The molecule has 1 atom stereocenters. The van der Waals surface area contributed by atoms with Crippen molar-refractivity contribution >= 4 is 0 Å². The molecule has 3 aromatic rings. The fourth-order valence-corrected chi connectivity index (χ4v) is 3.77. The van der Waals surface area contributed by atoms with Gasteiger partial charge in [-0.2, -0.15) is 0 Å². The van der Waals surface area contributed by atoms with Gasteiger partial charge < -0.3 is 13.9 Å². The van der Waals surface area contributed by atoms with E-state index >= 15 is 0 Å². The van der Waals surface area contributed by atoms with Crippen LogP contribution in [0.5, 0.6) is 5.75 Å². The van der Waals surface area contributed by atoms with Crippen molar-refractivity contribution in [1.82, 2.24) is 24.0 Å². The lowest BCUT2D eigenvalue weighted by atomic mass is 9.98. The number of imidazole rings is 2. The maximum atomic E-state index is 5.25. The summed E-state index contributed by atoms with van der Waals surface area (Å²) >= 11 is 0. The molecule has 6 heteroatoms. The SMILES string of the molecule is COc1ccc(-n2ccnc2CN2CCCC(Cn3ccnc3)C2)cc1. The Kier molecular flexibility index (Phi) is 5.02. The third-order valence-electron chi connectivity index (χ3n) is 5.06. The number of rotatable bonds is 6. The molecule has 6 nitrogen and oxygen atoms in total. The van der Waals surface area contributed by atoms with Gasteiger partial charge in [-0.15, -0.1) is 0 Å². The largest absolute Gasteiger partial charge is 0.497 e. The monoisotopic (exact) mass is 351 g/mol. The molecule has 0 aliphatic carbocycles. The number of aromatic nitrogens is 4. The lowest BCUT2D eigenvalue weighted by molar-refractivity contribution is 0.152. The number of likely N-dealkylation sites (tertiary alicyclic amines) is 1. The molecule has 0 spiro atoms. The molecular formula is C20H25N5O. The number of ether oxygens (including phenoxy) is 1. The van der Waals surface area contributed by atoms with Crippen LogP contribution in [0.2, 0.25) is 0 Å². The summed E-state index contributed by atoms with van der Waals surface area (Å²) in [6, 6.07) is 8.12. The van der Waals surface area contributed by atoms with Gasteiger partial charge in [-0.1, -0.05) is 0 Å². The molecule has 3 heterocycles. The third-order valence-corrected chi connectivity index (χ3v) is 5.06. The second-order valence-electron chi connectivity index (χ2n) is 6.91. The topological polar surface area (TPSA) is 48.1 Å². The first-order chi connectivity index (χ1) is 12.8. The molecule has 1 aromatic carbocycles. The Morgan fingerprint density at radius 2 is 2.04 bits per heavy atom. The van der Waals surface area contributed by atoms with Crippen molar-refractivity contribution in [3.63, 3.8) is 0 Å². The highest BCUT2D eigenvalue weighted by Crippen LogP contribution is 2.21. The fourth-order valence-electron chi connectivity index (χ4n) is 3.77. The standard InChI is InChI=1S/C20H25N5O/c1-26-19-6-4-18(5-7-19)25-12-9-22-20(25)15-23-10-2-3-17(13-23)14-24-11-8-21-16-24/h4-9,11-12,16-17H,2-3,10,13-15H2,1H3. The molecule has 2 aromatic heterocycles. The predicted molar refractivity (Wildman–Crippen MR) is 100 cm³/mol. The number of nitrogens with zero attached hydrogens (tertiary/aromatic N) is 5. The van der Waals surface area contributed by atoms with Gasteiger partial charge >= 0.3 is 0 Å². The third kappa shape index (κ3) is 3.80. The van der Waals surface area contributed by atoms with Crippen LogP contribution in [0, 0.1) is 5.92 Å². The van der Waals surface area contributed by atoms with Crippen LogP contribution in [0.1, 0.15) is 18.7 Å². The van der Waals surface area contributed by atoms with E-state index in [2.05, 4.69) is 42.3 Å². The van der Waals surface area contributed by atoms with Crippen molar-refractivity contribution in [3.05, 3.63) is 61.2 Å². The number of benzene rings is 1. The summed E-state index contributed by atoms with van der Waals surface area (Å²) in [4.78, 5) is 11.3. The first kappa shape index (κ1) is 16.8. The predicted octanol–water partition coefficient (Wildman–Crippen LogP) is 2.99. The zero-order valence-corrected chi connectivity index (χ0v) is 15.2. The molecule has 136 valence electrons. The van der Waals surface area contributed by atoms with Crippen molar-refractivity contribution in [2.75, 3.05) is 20.2 Å². The quantitative estimate of drug-likeness (QED) is 0.685. The van der Waals surface area contributed by atoms with E-state index in [-0.39, 0.29) is 0 Å². The normalized spacial score (nSPS) is 18.1. The minimum Gasteiger partial charge on any atom is -0.497 e. The van der Waals surface area contributed by atoms with Gasteiger partial charge in [0.05, 0.1) is 20.0 Å². The lowest BCUT2D eigenvalue weighted by Gasteiger charge is -2.32. The van der Waals surface area contributed by atoms with Gasteiger partial charge in [0.15, 0.2) is 0 Å². The molecule has 26 heavy (non-hydrogen) atoms. The van der Waals surface area contributed by atoms with Gasteiger partial charge in [-0.25, -0.2) is 9.97 Å². The highest BCUT2D eigenvalue weighted by Gasteiger charge is 2.21. The Morgan fingerprint density at radius 3 is 2.81 bits per heavy atom. The van der Waals surface area contributed by atoms with E-state index in [0.29, 0.717) is 5.92 Å². The van der Waals surface area contributed by atoms with E-state index in [4.69, 9.17) is 4.74 Å². The Morgan fingerprint density at radius 1 is 1.15 bits per heavy atom. The van der Waals surface area contributed by atoms with Crippen LogP contribution in [-0.4, -0.2) is 44.2 Å². The van der Waals surface area contributed by atoms with Crippen LogP contribution in [0.25, 0.3) is 5.69 Å². The van der Waals surface area contributed by atoms with Crippen molar-refractivity contribution in [2.45, 2.75) is 25.9 Å². The molecule has 0 bridgehead atoms. The van der Waals surface area contributed by atoms with Crippen molar-refractivity contribution < 1.29 is 4.74 Å². The molecule has 1 unspecified atom stereocenters. The molecule has 0 N–H and O–H groups in total. The van der Waals surface area contributed by atoms with Crippen LogP contribution < -0.4 is 4.74 Å². The molecule has 1 aliphatic rings. The van der Waals surface area contributed by atoms with Gasteiger partial charge in [0.25, 0.3) is 0 Å². The first-order valence-electron chi connectivity index (χ1n) is 9.16. The molecular weight excluding hydrogens is 326 g/mol. The van der Waals surface area contributed by atoms with Gasteiger partial charge in [0.2, 0.25) is 0 Å². The van der Waals surface area contributed by atoms with Crippen LogP contribution in [0.4, 0.5) is 0 Å². The molecule has 1 aliphatic heterocycles. The number of hydrogen-bond donors (Lipinski definition) is 0. The van der Waals surface area contributed by atoms with E-state index in [1.807, 2.05) is 37.1 Å². The summed E-state index contributed by atoms with van der Waals surface area (Å²) in [5.74, 6) is 2.62. The maximum absolute atomic E-state index is 5.25. The Balaban J connectivity index is 1.43. The summed E-state index contributed by atoms with van der Waals surface area (Å²) in [7, 11) is 1.69. The van der Waals surface area contributed by atoms with Gasteiger partial charge in [-0.05, 0) is 49.6 Å². The fraction of sp³-hybridized carbons (Fsp3) is 0.400. The van der Waals surface area contributed by atoms with Gasteiger partial charge in [-0.3, -0.25) is 4.90 Å². The molecule has 4 rings (SSSR count). The van der Waals surface area contributed by atoms with Crippen LogP contribution in [0.3, 0.4) is 0 Å². The summed E-state index contributed by atoms with van der Waals surface area (Å²) in [5.41, 5.74) is 1.12. The second-order valence-corrected chi connectivity index (χ2v) is 6.91. The Hall–Kier alpha value is -2.60. The summed E-state index contributed by atoms with van der Waals surface area (Å²) in [6.07, 6.45) is 12.2. The van der Waals surface area contributed by atoms with Gasteiger partial charge in [0.1, 0.15) is 11.6 Å². The van der Waals surface area contributed by atoms with E-state index in [1.54, 1.807) is 7.11 Å². The highest BCUT2D eigenvalue weighted by molar-refractivity contribution is 5.38. The van der Waals surface area contributed by atoms with Crippen molar-refractivity contribution in [3.8, 4) is 11.4 Å². The van der Waals surface area contributed by atoms with E-state index in [1.165, 1.54) is 12.8 Å². The summed E-state index contributed by atoms with van der Waals surface area (Å²) in [5, 5.41) is 0. The van der Waals surface area contributed by atoms with E-state index in [9.17, 15) is 0 Å². The second kappa shape index (κ2) is 7.74. The van der Waals surface area contributed by atoms with E-state index < -0.39 is 0 Å². The highest BCUT2D eigenvalue weighted by atomic mass is 16.5. The average Bonchev–Trinajstić information content (AvgIpc) is 3.34. The Bertz CT molecular complexity index is 809.